The lowest BCUT2D eigenvalue weighted by Crippen LogP contribution is -2.23. The normalized spacial score (nSPS) is 12.1. The largest absolute Gasteiger partial charge is 0.394 e. The maximum absolute atomic E-state index is 13.0. The van der Waals surface area contributed by atoms with Crippen LogP contribution in [0, 0.1) is 0 Å². The zero-order valence-electron chi connectivity index (χ0n) is 24.1. The van der Waals surface area contributed by atoms with E-state index < -0.39 is 6.04 Å². The molecule has 11 heteroatoms. The molecule has 0 unspecified atom stereocenters. The van der Waals surface area contributed by atoms with Crippen molar-refractivity contribution in [3.63, 3.8) is 0 Å². The molecule has 1 atom stereocenters. The molecule has 43 heavy (non-hydrogen) atoms. The molecule has 2 aromatic carbocycles. The third-order valence-corrected chi connectivity index (χ3v) is 7.24. The van der Waals surface area contributed by atoms with Crippen LogP contribution in [0.15, 0.2) is 94.6 Å². The van der Waals surface area contributed by atoms with Crippen LogP contribution < -0.4 is 16.2 Å². The van der Waals surface area contributed by atoms with E-state index in [2.05, 4.69) is 44.6 Å². The van der Waals surface area contributed by atoms with Gasteiger partial charge in [-0.1, -0.05) is 35.5 Å². The van der Waals surface area contributed by atoms with Crippen LogP contribution in [0.1, 0.15) is 38.4 Å². The Hall–Kier alpha value is -5.29. The number of rotatable bonds is 10. The molecule has 0 saturated carbocycles. The van der Waals surface area contributed by atoms with Crippen LogP contribution in [-0.4, -0.2) is 41.2 Å². The number of pyridine rings is 2. The Bertz CT molecular complexity index is 1910. The van der Waals surface area contributed by atoms with Gasteiger partial charge in [0.05, 0.1) is 34.8 Å². The Morgan fingerprint density at radius 3 is 2.53 bits per heavy atom. The van der Waals surface area contributed by atoms with Crippen LogP contribution in [-0.2, 0) is 6.54 Å². The summed E-state index contributed by atoms with van der Waals surface area (Å²) < 4.78 is 9.44. The Kier molecular flexibility index (Phi) is 7.71. The number of aliphatic hydroxyl groups is 1. The number of benzene rings is 2. The summed E-state index contributed by atoms with van der Waals surface area (Å²) in [6.45, 7) is 6.53. The maximum Gasteiger partial charge on any atom is 0.274 e. The number of nitrogens with one attached hydrogen (secondary N) is 2. The Balaban J connectivity index is 1.39. The molecule has 0 radical (unpaired) electrons. The number of fused-ring (bicyclic) bond motifs is 1. The lowest BCUT2D eigenvalue weighted by atomic mass is 10.1. The molecule has 0 bridgehead atoms. The summed E-state index contributed by atoms with van der Waals surface area (Å²) in [6, 6.07) is 20.5. The van der Waals surface area contributed by atoms with E-state index in [0.717, 1.165) is 22.3 Å². The zero-order valence-corrected chi connectivity index (χ0v) is 24.1. The third kappa shape index (κ3) is 5.50. The average molecular weight is 577 g/mol. The molecule has 218 valence electrons. The van der Waals surface area contributed by atoms with Crippen LogP contribution >= 0.6 is 0 Å². The smallest absolute Gasteiger partial charge is 0.274 e. The first kappa shape index (κ1) is 27.9. The number of anilines is 3. The van der Waals surface area contributed by atoms with E-state index in [1.807, 2.05) is 66.2 Å². The molecule has 0 aliphatic rings. The average Bonchev–Trinajstić information content (AvgIpc) is 3.63. The SMILES string of the molecule is CCn1c(=O)c2ccc(Nc3cc(N[C@H](CO)c4ccccc4)c(-c4nc(-c5ccncc5)no4)cn3)cc2n1C(C)C. The standard InChI is InChI=1S/C32H32N8O3/c1-4-39-32(42)24-11-10-23(16-28(24)40(39)20(2)3)35-29-17-26(36-27(19-41)21-8-6-5-7-9-21)25(18-34-29)31-37-30(38-43-31)22-12-14-33-15-13-22/h5-18,20,27,41H,4,19H2,1-3H3,(H2,34,35,36)/t27-/m1/s1. The number of aromatic nitrogens is 6. The summed E-state index contributed by atoms with van der Waals surface area (Å²) in [7, 11) is 0. The van der Waals surface area contributed by atoms with Gasteiger partial charge in [0, 0.05) is 48.5 Å². The van der Waals surface area contributed by atoms with Gasteiger partial charge in [-0.05, 0) is 56.7 Å². The van der Waals surface area contributed by atoms with Crippen molar-refractivity contribution in [1.82, 2.24) is 29.5 Å². The predicted molar refractivity (Wildman–Crippen MR) is 166 cm³/mol. The second-order valence-corrected chi connectivity index (χ2v) is 10.4. The van der Waals surface area contributed by atoms with E-state index >= 15 is 0 Å². The number of hydrogen-bond acceptors (Lipinski definition) is 9. The lowest BCUT2D eigenvalue weighted by molar-refractivity contribution is 0.276. The second kappa shape index (κ2) is 11.9. The molecular weight excluding hydrogens is 544 g/mol. The van der Waals surface area contributed by atoms with Crippen LogP contribution in [0.5, 0.6) is 0 Å². The molecule has 6 aromatic rings. The van der Waals surface area contributed by atoms with E-state index in [0.29, 0.717) is 34.8 Å². The van der Waals surface area contributed by atoms with Gasteiger partial charge >= 0.3 is 0 Å². The third-order valence-electron chi connectivity index (χ3n) is 7.24. The van der Waals surface area contributed by atoms with Crippen molar-refractivity contribution in [2.24, 2.45) is 0 Å². The molecule has 3 N–H and O–H groups in total. The van der Waals surface area contributed by atoms with Gasteiger partial charge in [-0.3, -0.25) is 14.5 Å². The minimum Gasteiger partial charge on any atom is -0.394 e. The number of hydrogen-bond donors (Lipinski definition) is 3. The van der Waals surface area contributed by atoms with Crippen molar-refractivity contribution in [2.45, 2.75) is 39.4 Å². The minimum atomic E-state index is -0.400. The van der Waals surface area contributed by atoms with E-state index in [9.17, 15) is 9.90 Å². The van der Waals surface area contributed by atoms with Gasteiger partial charge in [0.15, 0.2) is 0 Å². The molecular formula is C32H32N8O3. The van der Waals surface area contributed by atoms with Crippen molar-refractivity contribution in [3.8, 4) is 22.8 Å². The van der Waals surface area contributed by atoms with Crippen molar-refractivity contribution < 1.29 is 9.63 Å². The fraction of sp³-hybridized carbons (Fsp3) is 0.219. The number of nitrogens with zero attached hydrogens (tertiary/aromatic N) is 6. The van der Waals surface area contributed by atoms with Gasteiger partial charge in [-0.15, -0.1) is 0 Å². The van der Waals surface area contributed by atoms with Crippen molar-refractivity contribution in [2.75, 3.05) is 17.2 Å². The van der Waals surface area contributed by atoms with E-state index in [1.54, 1.807) is 35.4 Å². The van der Waals surface area contributed by atoms with Crippen molar-refractivity contribution in [3.05, 3.63) is 101 Å². The van der Waals surface area contributed by atoms with Gasteiger partial charge in [-0.25, -0.2) is 9.67 Å². The van der Waals surface area contributed by atoms with E-state index in [1.165, 1.54) is 0 Å². The Morgan fingerprint density at radius 1 is 1.02 bits per heavy atom. The topological polar surface area (TPSA) is 136 Å². The van der Waals surface area contributed by atoms with Gasteiger partial charge in [0.2, 0.25) is 5.82 Å². The van der Waals surface area contributed by atoms with Crippen LogP contribution in [0.25, 0.3) is 33.7 Å². The van der Waals surface area contributed by atoms with E-state index in [-0.39, 0.29) is 24.1 Å². The highest BCUT2D eigenvalue weighted by atomic mass is 16.5. The highest BCUT2D eigenvalue weighted by Crippen LogP contribution is 2.33. The summed E-state index contributed by atoms with van der Waals surface area (Å²) in [5, 5.41) is 21.9. The molecule has 0 aliphatic heterocycles. The lowest BCUT2D eigenvalue weighted by Gasteiger charge is -2.20. The summed E-state index contributed by atoms with van der Waals surface area (Å²) in [5.41, 5.74) is 4.53. The molecule has 0 fully saturated rings. The molecule has 0 spiro atoms. The molecule has 4 aromatic heterocycles. The monoisotopic (exact) mass is 576 g/mol. The van der Waals surface area contributed by atoms with E-state index in [4.69, 9.17) is 4.52 Å². The van der Waals surface area contributed by atoms with Gasteiger partial charge < -0.3 is 20.3 Å². The first-order chi connectivity index (χ1) is 21.0. The molecule has 0 saturated heterocycles. The zero-order chi connectivity index (χ0) is 29.9. The van der Waals surface area contributed by atoms with Gasteiger partial charge in [0.25, 0.3) is 11.4 Å². The Morgan fingerprint density at radius 2 is 1.81 bits per heavy atom. The number of aliphatic hydroxyl groups excluding tert-OH is 1. The van der Waals surface area contributed by atoms with Crippen LogP contribution in [0.3, 0.4) is 0 Å². The predicted octanol–water partition coefficient (Wildman–Crippen LogP) is 5.80. The summed E-state index contributed by atoms with van der Waals surface area (Å²) >= 11 is 0. The molecule has 0 amide bonds. The summed E-state index contributed by atoms with van der Waals surface area (Å²) in [6.07, 6.45) is 4.99. The Labute approximate surface area is 247 Å². The summed E-state index contributed by atoms with van der Waals surface area (Å²) in [4.78, 5) is 26.3. The van der Waals surface area contributed by atoms with Crippen LogP contribution in [0.4, 0.5) is 17.2 Å². The summed E-state index contributed by atoms with van der Waals surface area (Å²) in [5.74, 6) is 1.26. The first-order valence-electron chi connectivity index (χ1n) is 14.2. The highest BCUT2D eigenvalue weighted by Gasteiger charge is 2.20. The van der Waals surface area contributed by atoms with Gasteiger partial charge in [-0.2, -0.15) is 4.98 Å². The maximum atomic E-state index is 13.0. The second-order valence-electron chi connectivity index (χ2n) is 10.4. The fourth-order valence-corrected chi connectivity index (χ4v) is 5.22. The minimum absolute atomic E-state index is 0.00614. The van der Waals surface area contributed by atoms with Crippen LogP contribution in [0.2, 0.25) is 0 Å². The molecule has 6 rings (SSSR count). The molecule has 11 nitrogen and oxygen atoms in total. The fourth-order valence-electron chi connectivity index (χ4n) is 5.22. The van der Waals surface area contributed by atoms with Crippen molar-refractivity contribution in [1.29, 1.82) is 0 Å². The quantitative estimate of drug-likeness (QED) is 0.185. The van der Waals surface area contributed by atoms with Gasteiger partial charge in [0.1, 0.15) is 5.82 Å². The molecule has 0 aliphatic carbocycles. The van der Waals surface area contributed by atoms with Crippen molar-refractivity contribution >= 4 is 28.1 Å². The molecule has 4 heterocycles. The first-order valence-corrected chi connectivity index (χ1v) is 14.2. The highest BCUT2D eigenvalue weighted by molar-refractivity contribution is 5.84.